The lowest BCUT2D eigenvalue weighted by atomic mass is 9.93. The molecule has 0 aliphatic carbocycles. The van der Waals surface area contributed by atoms with E-state index in [9.17, 15) is 12.8 Å². The van der Waals surface area contributed by atoms with Gasteiger partial charge in [-0.1, -0.05) is 17.7 Å². The molecule has 1 aromatic carbocycles. The Labute approximate surface area is 123 Å². The third kappa shape index (κ3) is 2.67. The first-order chi connectivity index (χ1) is 9.63. The first kappa shape index (κ1) is 15.9. The van der Waals surface area contributed by atoms with Crippen LogP contribution in [0.3, 0.4) is 0 Å². The fraction of sp³-hybridized carbons (Fsp3) is 0.500. The summed E-state index contributed by atoms with van der Waals surface area (Å²) in [5, 5.41) is 9.11. The van der Waals surface area contributed by atoms with Gasteiger partial charge in [0.15, 0.2) is 9.84 Å². The first-order valence-electron chi connectivity index (χ1n) is 6.40. The maximum absolute atomic E-state index is 14.0. The molecular weight excluding hydrogens is 295 g/mol. The molecule has 21 heavy (non-hydrogen) atoms. The number of nitriles is 1. The number of sulfone groups is 1. The molecule has 0 spiro atoms. The minimum absolute atomic E-state index is 0.124. The van der Waals surface area contributed by atoms with Crippen LogP contribution in [0.1, 0.15) is 18.1 Å². The molecule has 0 saturated carbocycles. The summed E-state index contributed by atoms with van der Waals surface area (Å²) >= 11 is 0. The molecule has 7 heteroatoms. The maximum Gasteiger partial charge on any atom is 0.204 e. The van der Waals surface area contributed by atoms with Gasteiger partial charge in [0.25, 0.3) is 0 Å². The topological polar surface area (TPSA) is 93.2 Å². The number of ether oxygens (including phenoxy) is 1. The van der Waals surface area contributed by atoms with Crippen molar-refractivity contribution in [3.05, 3.63) is 35.1 Å². The normalized spacial score (nSPS) is 20.1. The van der Waals surface area contributed by atoms with Crippen LogP contribution in [0.25, 0.3) is 0 Å². The van der Waals surface area contributed by atoms with Gasteiger partial charge in [0.05, 0.1) is 30.6 Å². The van der Waals surface area contributed by atoms with E-state index in [1.165, 1.54) is 19.1 Å². The summed E-state index contributed by atoms with van der Waals surface area (Å²) in [5.41, 5.74) is 5.54. The molecule has 0 radical (unpaired) electrons. The van der Waals surface area contributed by atoms with Crippen LogP contribution in [0, 0.1) is 24.1 Å². The van der Waals surface area contributed by atoms with Gasteiger partial charge in [-0.25, -0.2) is 12.8 Å². The summed E-state index contributed by atoms with van der Waals surface area (Å²) in [5.74, 6) is -1.08. The Morgan fingerprint density at radius 1 is 1.52 bits per heavy atom. The number of hydrogen-bond donors (Lipinski definition) is 1. The van der Waals surface area contributed by atoms with E-state index in [0.29, 0.717) is 0 Å². The number of benzene rings is 1. The molecule has 0 aromatic heterocycles. The second-order valence-electron chi connectivity index (χ2n) is 5.76. The van der Waals surface area contributed by atoms with E-state index in [1.54, 1.807) is 19.1 Å². The van der Waals surface area contributed by atoms with Gasteiger partial charge in [-0.15, -0.1) is 0 Å². The standard InChI is InChI=1S/C14H17FN2O3S/c1-10-3-4-12(15)11(5-10)13(2,17)9-21(18,19)14(6-16)7-20-8-14/h3-5H,7-9,17H2,1-2H3/t13-/m0/s1. The first-order valence-corrected chi connectivity index (χ1v) is 8.06. The zero-order valence-electron chi connectivity index (χ0n) is 11.9. The summed E-state index contributed by atoms with van der Waals surface area (Å²) in [6.07, 6.45) is 0. The number of halogens is 1. The highest BCUT2D eigenvalue weighted by Gasteiger charge is 2.53. The molecule has 1 heterocycles. The Hall–Kier alpha value is -1.49. The molecule has 114 valence electrons. The Kier molecular flexibility index (Phi) is 3.82. The van der Waals surface area contributed by atoms with Gasteiger partial charge in [0.1, 0.15) is 5.82 Å². The SMILES string of the molecule is Cc1ccc(F)c([C@@](C)(N)CS(=O)(=O)C2(C#N)COC2)c1. The van der Waals surface area contributed by atoms with Crippen molar-refractivity contribution in [3.8, 4) is 6.07 Å². The molecule has 1 aliphatic heterocycles. The van der Waals surface area contributed by atoms with Crippen LogP contribution in [0.15, 0.2) is 18.2 Å². The summed E-state index contributed by atoms with van der Waals surface area (Å²) < 4.78 is 42.1. The van der Waals surface area contributed by atoms with Crippen molar-refractivity contribution >= 4 is 9.84 Å². The molecular formula is C14H17FN2O3S. The Morgan fingerprint density at radius 2 is 2.14 bits per heavy atom. The fourth-order valence-electron chi connectivity index (χ4n) is 2.29. The number of nitrogens with zero attached hydrogens (tertiary/aromatic N) is 1. The van der Waals surface area contributed by atoms with E-state index in [1.807, 2.05) is 0 Å². The predicted molar refractivity (Wildman–Crippen MR) is 75.6 cm³/mol. The molecule has 1 aliphatic rings. The number of nitrogens with two attached hydrogens (primary N) is 1. The largest absolute Gasteiger partial charge is 0.376 e. The van der Waals surface area contributed by atoms with Crippen LogP contribution in [-0.4, -0.2) is 32.1 Å². The zero-order chi connectivity index (χ0) is 15.9. The van der Waals surface area contributed by atoms with E-state index in [-0.39, 0.29) is 18.8 Å². The third-order valence-electron chi connectivity index (χ3n) is 3.70. The van der Waals surface area contributed by atoms with E-state index in [2.05, 4.69) is 0 Å². The highest BCUT2D eigenvalue weighted by molar-refractivity contribution is 7.93. The zero-order valence-corrected chi connectivity index (χ0v) is 12.7. The summed E-state index contributed by atoms with van der Waals surface area (Å²) in [4.78, 5) is 0. The van der Waals surface area contributed by atoms with Gasteiger partial charge in [0.2, 0.25) is 4.75 Å². The molecule has 2 N–H and O–H groups in total. The lowest BCUT2D eigenvalue weighted by molar-refractivity contribution is 0.0114. The summed E-state index contributed by atoms with van der Waals surface area (Å²) in [6.45, 7) is 2.88. The van der Waals surface area contributed by atoms with Crippen molar-refractivity contribution in [3.63, 3.8) is 0 Å². The van der Waals surface area contributed by atoms with E-state index < -0.39 is 31.7 Å². The van der Waals surface area contributed by atoms with Crippen LogP contribution in [-0.2, 0) is 20.1 Å². The Morgan fingerprint density at radius 3 is 2.62 bits per heavy atom. The van der Waals surface area contributed by atoms with Crippen molar-refractivity contribution in [2.75, 3.05) is 19.0 Å². The van der Waals surface area contributed by atoms with Crippen molar-refractivity contribution in [1.29, 1.82) is 5.26 Å². The van der Waals surface area contributed by atoms with Crippen molar-refractivity contribution < 1.29 is 17.5 Å². The Bertz CT molecular complexity index is 703. The van der Waals surface area contributed by atoms with Gasteiger partial charge in [0, 0.05) is 5.56 Å². The molecule has 0 amide bonds. The average molecular weight is 312 g/mol. The highest BCUT2D eigenvalue weighted by atomic mass is 32.2. The van der Waals surface area contributed by atoms with Gasteiger partial charge >= 0.3 is 0 Å². The number of hydrogen-bond acceptors (Lipinski definition) is 5. The average Bonchev–Trinajstić information content (AvgIpc) is 2.29. The third-order valence-corrected chi connectivity index (χ3v) is 6.19. The van der Waals surface area contributed by atoms with Gasteiger partial charge in [-0.05, 0) is 19.9 Å². The number of aryl methyl sites for hydroxylation is 1. The smallest absolute Gasteiger partial charge is 0.204 e. The predicted octanol–water partition coefficient (Wildman–Crippen LogP) is 1.02. The van der Waals surface area contributed by atoms with Gasteiger partial charge in [-0.3, -0.25) is 0 Å². The molecule has 0 bridgehead atoms. The minimum atomic E-state index is -3.85. The van der Waals surface area contributed by atoms with Crippen LogP contribution in [0.4, 0.5) is 4.39 Å². The summed E-state index contributed by atoms with van der Waals surface area (Å²) in [7, 11) is -3.85. The second-order valence-corrected chi connectivity index (χ2v) is 8.06. The fourth-order valence-corrected chi connectivity index (χ4v) is 4.17. The van der Waals surface area contributed by atoms with Gasteiger partial charge in [-0.2, -0.15) is 5.26 Å². The monoisotopic (exact) mass is 312 g/mol. The highest BCUT2D eigenvalue weighted by Crippen LogP contribution is 2.32. The number of rotatable bonds is 4. The molecule has 1 atom stereocenters. The molecule has 1 saturated heterocycles. The van der Waals surface area contributed by atoms with Crippen molar-refractivity contribution in [2.45, 2.75) is 24.1 Å². The van der Waals surface area contributed by atoms with Gasteiger partial charge < -0.3 is 10.5 Å². The van der Waals surface area contributed by atoms with E-state index in [4.69, 9.17) is 15.7 Å². The van der Waals surface area contributed by atoms with Crippen molar-refractivity contribution in [2.24, 2.45) is 5.73 Å². The van der Waals surface area contributed by atoms with Crippen LogP contribution >= 0.6 is 0 Å². The van der Waals surface area contributed by atoms with Crippen LogP contribution in [0.5, 0.6) is 0 Å². The van der Waals surface area contributed by atoms with E-state index >= 15 is 0 Å². The second kappa shape index (κ2) is 5.05. The summed E-state index contributed by atoms with van der Waals surface area (Å²) in [6, 6.07) is 6.16. The van der Waals surface area contributed by atoms with Crippen LogP contribution < -0.4 is 5.73 Å². The van der Waals surface area contributed by atoms with E-state index in [0.717, 1.165) is 5.56 Å². The quantitative estimate of drug-likeness (QED) is 0.896. The molecule has 1 aromatic rings. The molecule has 1 fully saturated rings. The molecule has 0 unspecified atom stereocenters. The maximum atomic E-state index is 14.0. The minimum Gasteiger partial charge on any atom is -0.376 e. The molecule has 2 rings (SSSR count). The Balaban J connectivity index is 2.38. The molecule has 5 nitrogen and oxygen atoms in total. The lowest BCUT2D eigenvalue weighted by Gasteiger charge is -2.37. The lowest BCUT2D eigenvalue weighted by Crippen LogP contribution is -2.58. The van der Waals surface area contributed by atoms with Crippen molar-refractivity contribution in [1.82, 2.24) is 0 Å². The van der Waals surface area contributed by atoms with Crippen LogP contribution in [0.2, 0.25) is 0 Å².